The van der Waals surface area contributed by atoms with E-state index in [0.717, 1.165) is 12.1 Å². The van der Waals surface area contributed by atoms with Crippen LogP contribution in [0.5, 0.6) is 0 Å². The Hall–Kier alpha value is -1.72. The summed E-state index contributed by atoms with van der Waals surface area (Å²) >= 11 is 11.7. The highest BCUT2D eigenvalue weighted by Crippen LogP contribution is 2.33. The highest BCUT2D eigenvalue weighted by atomic mass is 35.5. The molecule has 0 saturated heterocycles. The van der Waals surface area contributed by atoms with Gasteiger partial charge in [-0.15, -0.1) is 0 Å². The van der Waals surface area contributed by atoms with Crippen LogP contribution in [0.15, 0.2) is 42.5 Å². The van der Waals surface area contributed by atoms with Crippen molar-refractivity contribution in [1.82, 2.24) is 0 Å². The van der Waals surface area contributed by atoms with Crippen LogP contribution in [-0.2, 0) is 6.18 Å². The third-order valence-electron chi connectivity index (χ3n) is 2.68. The summed E-state index contributed by atoms with van der Waals surface area (Å²) in [6.07, 6.45) is -4.62. The van der Waals surface area contributed by atoms with E-state index in [1.165, 1.54) is 30.3 Å². The number of carbonyl (C=O) groups excluding carboxylic acids is 1. The number of benzene rings is 2. The Kier molecular flexibility index (Phi) is 4.44. The second-order valence-electron chi connectivity index (χ2n) is 4.10. The molecule has 0 radical (unpaired) electrons. The number of carbonyl (C=O) groups is 1. The van der Waals surface area contributed by atoms with E-state index in [1.807, 2.05) is 0 Å². The number of rotatable bonds is 2. The number of nitrogens with one attached hydrogen (secondary N) is 1. The molecule has 0 unspecified atom stereocenters. The quantitative estimate of drug-likeness (QED) is 0.797. The van der Waals surface area contributed by atoms with E-state index in [-0.39, 0.29) is 15.7 Å². The van der Waals surface area contributed by atoms with Crippen LogP contribution in [0.2, 0.25) is 10.0 Å². The van der Waals surface area contributed by atoms with Crippen LogP contribution < -0.4 is 5.32 Å². The Morgan fingerprint density at radius 1 is 1.00 bits per heavy atom. The van der Waals surface area contributed by atoms with Crippen molar-refractivity contribution in [3.8, 4) is 0 Å². The van der Waals surface area contributed by atoms with E-state index >= 15 is 0 Å². The molecule has 0 aliphatic heterocycles. The highest BCUT2D eigenvalue weighted by molar-refractivity contribution is 6.44. The van der Waals surface area contributed by atoms with Crippen LogP contribution in [0.25, 0.3) is 0 Å². The molecule has 7 heteroatoms. The minimum absolute atomic E-state index is 0.0667. The van der Waals surface area contributed by atoms with Crippen molar-refractivity contribution < 1.29 is 18.0 Å². The fourth-order valence-corrected chi connectivity index (χ4v) is 2.07. The second-order valence-corrected chi connectivity index (χ2v) is 4.88. The van der Waals surface area contributed by atoms with Crippen molar-refractivity contribution in [2.45, 2.75) is 6.18 Å². The summed E-state index contributed by atoms with van der Waals surface area (Å²) < 4.78 is 38.6. The first-order valence-corrected chi connectivity index (χ1v) is 6.48. The Morgan fingerprint density at radius 3 is 2.33 bits per heavy atom. The lowest BCUT2D eigenvalue weighted by Crippen LogP contribution is -2.18. The Morgan fingerprint density at radius 2 is 1.67 bits per heavy atom. The third-order valence-corrected chi connectivity index (χ3v) is 3.50. The van der Waals surface area contributed by atoms with Gasteiger partial charge in [0.2, 0.25) is 0 Å². The molecule has 2 rings (SSSR count). The van der Waals surface area contributed by atoms with Crippen molar-refractivity contribution in [2.75, 3.05) is 5.32 Å². The number of anilines is 1. The molecule has 110 valence electrons. The van der Waals surface area contributed by atoms with Gasteiger partial charge in [0.1, 0.15) is 0 Å². The molecular formula is C14H8Cl2F3NO. The second kappa shape index (κ2) is 5.95. The van der Waals surface area contributed by atoms with E-state index in [1.54, 1.807) is 0 Å². The van der Waals surface area contributed by atoms with Gasteiger partial charge in [-0.2, -0.15) is 13.2 Å². The largest absolute Gasteiger partial charge is 0.417 e. The SMILES string of the molecule is O=C(Nc1cccc(Cl)c1Cl)c1ccccc1C(F)(F)F. The lowest BCUT2D eigenvalue weighted by molar-refractivity contribution is -0.137. The zero-order chi connectivity index (χ0) is 15.6. The third kappa shape index (κ3) is 3.49. The molecular weight excluding hydrogens is 326 g/mol. The molecule has 0 atom stereocenters. The summed E-state index contributed by atoms with van der Waals surface area (Å²) in [7, 11) is 0. The van der Waals surface area contributed by atoms with E-state index in [2.05, 4.69) is 5.32 Å². The lowest BCUT2D eigenvalue weighted by atomic mass is 10.1. The summed E-state index contributed by atoms with van der Waals surface area (Å²) in [5.74, 6) is -0.910. The van der Waals surface area contributed by atoms with Gasteiger partial charge in [0, 0.05) is 0 Å². The smallest absolute Gasteiger partial charge is 0.321 e. The molecule has 0 bridgehead atoms. The first-order valence-electron chi connectivity index (χ1n) is 5.72. The summed E-state index contributed by atoms with van der Waals surface area (Å²) in [6, 6.07) is 8.98. The Labute approximate surface area is 128 Å². The summed E-state index contributed by atoms with van der Waals surface area (Å²) in [4.78, 5) is 12.0. The van der Waals surface area contributed by atoms with Gasteiger partial charge in [0.05, 0.1) is 26.9 Å². The maximum Gasteiger partial charge on any atom is 0.417 e. The Balaban J connectivity index is 2.36. The molecule has 0 heterocycles. The topological polar surface area (TPSA) is 29.1 Å². The van der Waals surface area contributed by atoms with Gasteiger partial charge in [0.15, 0.2) is 0 Å². The van der Waals surface area contributed by atoms with Gasteiger partial charge >= 0.3 is 6.18 Å². The van der Waals surface area contributed by atoms with Crippen LogP contribution in [0.3, 0.4) is 0 Å². The lowest BCUT2D eigenvalue weighted by Gasteiger charge is -2.13. The predicted molar refractivity (Wildman–Crippen MR) is 75.9 cm³/mol. The molecule has 0 spiro atoms. The number of amides is 1. The summed E-state index contributed by atoms with van der Waals surface area (Å²) in [6.45, 7) is 0. The average molecular weight is 334 g/mol. The standard InChI is InChI=1S/C14H8Cl2F3NO/c15-10-6-3-7-11(12(10)16)20-13(21)8-4-1-2-5-9(8)14(17,18)19/h1-7H,(H,20,21). The van der Waals surface area contributed by atoms with Gasteiger partial charge in [-0.05, 0) is 24.3 Å². The van der Waals surface area contributed by atoms with E-state index in [0.29, 0.717) is 0 Å². The van der Waals surface area contributed by atoms with Gasteiger partial charge < -0.3 is 5.32 Å². The van der Waals surface area contributed by atoms with Gasteiger partial charge in [0.25, 0.3) is 5.91 Å². The number of hydrogen-bond donors (Lipinski definition) is 1. The molecule has 2 aromatic rings. The normalized spacial score (nSPS) is 11.3. The number of alkyl halides is 3. The zero-order valence-corrected chi connectivity index (χ0v) is 11.9. The molecule has 1 amide bonds. The first-order chi connectivity index (χ1) is 9.80. The van der Waals surface area contributed by atoms with Crippen LogP contribution in [0.1, 0.15) is 15.9 Å². The highest BCUT2D eigenvalue weighted by Gasteiger charge is 2.34. The van der Waals surface area contributed by atoms with Crippen molar-refractivity contribution in [3.05, 3.63) is 63.6 Å². The fourth-order valence-electron chi connectivity index (χ4n) is 1.72. The summed E-state index contributed by atoms with van der Waals surface area (Å²) in [5, 5.41) is 2.58. The van der Waals surface area contributed by atoms with E-state index in [9.17, 15) is 18.0 Å². The van der Waals surface area contributed by atoms with Crippen molar-refractivity contribution in [2.24, 2.45) is 0 Å². The van der Waals surface area contributed by atoms with Crippen molar-refractivity contribution in [1.29, 1.82) is 0 Å². The van der Waals surface area contributed by atoms with Crippen molar-refractivity contribution in [3.63, 3.8) is 0 Å². The van der Waals surface area contributed by atoms with E-state index < -0.39 is 23.2 Å². The molecule has 0 aliphatic carbocycles. The zero-order valence-electron chi connectivity index (χ0n) is 10.3. The number of hydrogen-bond acceptors (Lipinski definition) is 1. The molecule has 0 aromatic heterocycles. The predicted octanol–water partition coefficient (Wildman–Crippen LogP) is 5.26. The van der Waals surface area contributed by atoms with E-state index in [4.69, 9.17) is 23.2 Å². The Bertz CT molecular complexity index is 686. The minimum atomic E-state index is -4.62. The molecule has 0 fully saturated rings. The molecule has 21 heavy (non-hydrogen) atoms. The molecule has 0 saturated carbocycles. The van der Waals surface area contributed by atoms with Crippen molar-refractivity contribution >= 4 is 34.8 Å². The molecule has 2 aromatic carbocycles. The molecule has 1 N–H and O–H groups in total. The van der Waals surface area contributed by atoms with Gasteiger partial charge in [-0.1, -0.05) is 41.4 Å². The van der Waals surface area contributed by atoms with Gasteiger partial charge in [-0.25, -0.2) is 0 Å². The van der Waals surface area contributed by atoms with Gasteiger partial charge in [-0.3, -0.25) is 4.79 Å². The maximum atomic E-state index is 12.9. The monoisotopic (exact) mass is 333 g/mol. The van der Waals surface area contributed by atoms with Crippen LogP contribution >= 0.6 is 23.2 Å². The fraction of sp³-hybridized carbons (Fsp3) is 0.0714. The van der Waals surface area contributed by atoms with Crippen LogP contribution in [0, 0.1) is 0 Å². The molecule has 2 nitrogen and oxygen atoms in total. The average Bonchev–Trinajstić information content (AvgIpc) is 2.43. The maximum absolute atomic E-state index is 12.9. The van der Waals surface area contributed by atoms with Crippen LogP contribution in [0.4, 0.5) is 18.9 Å². The summed E-state index contributed by atoms with van der Waals surface area (Å²) in [5.41, 5.74) is -1.35. The number of halogens is 5. The van der Waals surface area contributed by atoms with Crippen LogP contribution in [-0.4, -0.2) is 5.91 Å². The first kappa shape index (κ1) is 15.7. The minimum Gasteiger partial charge on any atom is -0.321 e. The molecule has 0 aliphatic rings.